The van der Waals surface area contributed by atoms with Crippen molar-refractivity contribution in [2.45, 2.75) is 57.6 Å². The standard InChI is InChI=1S/C35H38ClN3O4S/c1-25(2)37-35(41)33(21-28-11-6-5-7-12-28)38(23-29-13-8-10-27(4)20-29)34(40)24-39(31-15-9-14-30(36)22-31)44(42,43)32-18-16-26(3)17-19-32/h5-20,22,25,33H,21,23-24H2,1-4H3,(H,37,41)/t33-/m1/s1. The van der Waals surface area contributed by atoms with Crippen LogP contribution in [0.3, 0.4) is 0 Å². The Morgan fingerprint density at radius 2 is 1.45 bits per heavy atom. The summed E-state index contributed by atoms with van der Waals surface area (Å²) in [5.41, 5.74) is 3.84. The number of benzene rings is 4. The van der Waals surface area contributed by atoms with E-state index in [2.05, 4.69) is 5.32 Å². The van der Waals surface area contributed by atoms with Crippen molar-refractivity contribution in [3.05, 3.63) is 130 Å². The fourth-order valence-corrected chi connectivity index (χ4v) is 6.53. The Morgan fingerprint density at radius 1 is 0.795 bits per heavy atom. The highest BCUT2D eigenvalue weighted by Crippen LogP contribution is 2.27. The molecule has 1 atom stereocenters. The van der Waals surface area contributed by atoms with E-state index in [0.717, 1.165) is 26.6 Å². The first-order valence-electron chi connectivity index (χ1n) is 14.5. The molecule has 0 unspecified atom stereocenters. The first-order valence-corrected chi connectivity index (χ1v) is 16.3. The van der Waals surface area contributed by atoms with E-state index in [1.54, 1.807) is 30.3 Å². The number of rotatable bonds is 12. The highest BCUT2D eigenvalue weighted by atomic mass is 35.5. The van der Waals surface area contributed by atoms with Gasteiger partial charge in [0.05, 0.1) is 10.6 Å². The predicted molar refractivity (Wildman–Crippen MR) is 176 cm³/mol. The molecule has 0 aromatic heterocycles. The number of anilines is 1. The second-order valence-electron chi connectivity index (χ2n) is 11.2. The van der Waals surface area contributed by atoms with E-state index in [4.69, 9.17) is 11.6 Å². The minimum absolute atomic E-state index is 0.0412. The maximum absolute atomic E-state index is 14.5. The molecule has 0 aliphatic heterocycles. The van der Waals surface area contributed by atoms with Crippen LogP contribution in [-0.4, -0.2) is 43.8 Å². The second-order valence-corrected chi connectivity index (χ2v) is 13.5. The second kappa shape index (κ2) is 14.6. The molecule has 0 aliphatic rings. The molecule has 7 nitrogen and oxygen atoms in total. The van der Waals surface area contributed by atoms with Gasteiger partial charge in [-0.2, -0.15) is 0 Å². The summed E-state index contributed by atoms with van der Waals surface area (Å²) in [4.78, 5) is 29.7. The zero-order valence-corrected chi connectivity index (χ0v) is 27.0. The van der Waals surface area contributed by atoms with Gasteiger partial charge >= 0.3 is 0 Å². The van der Waals surface area contributed by atoms with Crippen molar-refractivity contribution < 1.29 is 18.0 Å². The number of aryl methyl sites for hydroxylation is 2. The van der Waals surface area contributed by atoms with Gasteiger partial charge in [0.2, 0.25) is 11.8 Å². The molecule has 4 aromatic rings. The molecular formula is C35H38ClN3O4S. The molecule has 9 heteroatoms. The average Bonchev–Trinajstić information content (AvgIpc) is 2.98. The van der Waals surface area contributed by atoms with Crippen molar-refractivity contribution in [3.63, 3.8) is 0 Å². The van der Waals surface area contributed by atoms with Crippen LogP contribution in [0.5, 0.6) is 0 Å². The number of amides is 2. The number of hydrogen-bond acceptors (Lipinski definition) is 4. The van der Waals surface area contributed by atoms with Gasteiger partial charge in [-0.25, -0.2) is 8.42 Å². The summed E-state index contributed by atoms with van der Waals surface area (Å²) < 4.78 is 29.2. The fourth-order valence-electron chi connectivity index (χ4n) is 4.94. The summed E-state index contributed by atoms with van der Waals surface area (Å²) in [6, 6.07) is 28.9. The quantitative estimate of drug-likeness (QED) is 0.198. The van der Waals surface area contributed by atoms with Gasteiger partial charge in [-0.05, 0) is 69.2 Å². The van der Waals surface area contributed by atoms with Crippen LogP contribution in [0.15, 0.2) is 108 Å². The molecule has 4 aromatic carbocycles. The Balaban J connectivity index is 1.81. The van der Waals surface area contributed by atoms with E-state index < -0.39 is 28.5 Å². The summed E-state index contributed by atoms with van der Waals surface area (Å²) in [5.74, 6) is -0.845. The van der Waals surface area contributed by atoms with Gasteiger partial charge in [0.1, 0.15) is 12.6 Å². The summed E-state index contributed by atoms with van der Waals surface area (Å²) in [7, 11) is -4.19. The Kier molecular flexibility index (Phi) is 10.8. The van der Waals surface area contributed by atoms with Crippen LogP contribution in [0.4, 0.5) is 5.69 Å². The number of carbonyl (C=O) groups is 2. The fraction of sp³-hybridized carbons (Fsp3) is 0.257. The number of nitrogens with one attached hydrogen (secondary N) is 1. The predicted octanol–water partition coefficient (Wildman–Crippen LogP) is 6.32. The molecule has 0 radical (unpaired) electrons. The topological polar surface area (TPSA) is 86.8 Å². The number of halogens is 1. The van der Waals surface area contributed by atoms with Gasteiger partial charge in [-0.15, -0.1) is 0 Å². The van der Waals surface area contributed by atoms with Crippen molar-refractivity contribution >= 4 is 39.1 Å². The van der Waals surface area contributed by atoms with Gasteiger partial charge in [0.25, 0.3) is 10.0 Å². The Hall–Kier alpha value is -4.14. The smallest absolute Gasteiger partial charge is 0.264 e. The normalized spacial score (nSPS) is 12.0. The lowest BCUT2D eigenvalue weighted by atomic mass is 10.0. The summed E-state index contributed by atoms with van der Waals surface area (Å²) >= 11 is 6.29. The Bertz CT molecular complexity index is 1690. The lowest BCUT2D eigenvalue weighted by molar-refractivity contribution is -0.140. The molecule has 230 valence electrons. The van der Waals surface area contributed by atoms with Crippen LogP contribution in [0.2, 0.25) is 5.02 Å². The molecule has 2 amide bonds. The zero-order chi connectivity index (χ0) is 31.9. The van der Waals surface area contributed by atoms with Gasteiger partial charge in [0, 0.05) is 24.0 Å². The largest absolute Gasteiger partial charge is 0.352 e. The van der Waals surface area contributed by atoms with Crippen LogP contribution < -0.4 is 9.62 Å². The van der Waals surface area contributed by atoms with Crippen LogP contribution >= 0.6 is 11.6 Å². The molecule has 4 rings (SSSR count). The van der Waals surface area contributed by atoms with E-state index in [0.29, 0.717) is 5.02 Å². The maximum Gasteiger partial charge on any atom is 0.264 e. The third kappa shape index (κ3) is 8.49. The van der Waals surface area contributed by atoms with Crippen molar-refractivity contribution in [3.8, 4) is 0 Å². The average molecular weight is 632 g/mol. The minimum Gasteiger partial charge on any atom is -0.352 e. The molecule has 1 N–H and O–H groups in total. The van der Waals surface area contributed by atoms with Gasteiger partial charge in [-0.3, -0.25) is 13.9 Å². The zero-order valence-electron chi connectivity index (χ0n) is 25.4. The molecule has 0 aliphatic carbocycles. The van der Waals surface area contributed by atoms with Crippen LogP contribution in [0.1, 0.15) is 36.1 Å². The summed E-state index contributed by atoms with van der Waals surface area (Å²) in [6.45, 7) is 7.11. The van der Waals surface area contributed by atoms with Crippen molar-refractivity contribution in [2.24, 2.45) is 0 Å². The van der Waals surface area contributed by atoms with Crippen molar-refractivity contribution in [1.29, 1.82) is 0 Å². The van der Waals surface area contributed by atoms with Crippen LogP contribution in [0.25, 0.3) is 0 Å². The molecule has 0 saturated carbocycles. The third-order valence-electron chi connectivity index (χ3n) is 7.12. The third-order valence-corrected chi connectivity index (χ3v) is 9.14. The van der Waals surface area contributed by atoms with Gasteiger partial charge in [0.15, 0.2) is 0 Å². The monoisotopic (exact) mass is 631 g/mol. The maximum atomic E-state index is 14.5. The lowest BCUT2D eigenvalue weighted by Crippen LogP contribution is -2.54. The lowest BCUT2D eigenvalue weighted by Gasteiger charge is -2.34. The van der Waals surface area contributed by atoms with Crippen LogP contribution in [0, 0.1) is 13.8 Å². The Morgan fingerprint density at radius 3 is 2.09 bits per heavy atom. The molecule has 0 fully saturated rings. The highest BCUT2D eigenvalue weighted by molar-refractivity contribution is 7.92. The Labute approximate surface area is 265 Å². The van der Waals surface area contributed by atoms with Crippen LogP contribution in [-0.2, 0) is 32.6 Å². The van der Waals surface area contributed by atoms with Crippen molar-refractivity contribution in [1.82, 2.24) is 10.2 Å². The van der Waals surface area contributed by atoms with E-state index in [1.807, 2.05) is 82.3 Å². The number of carbonyl (C=O) groups excluding carboxylic acids is 2. The molecule has 0 heterocycles. The minimum atomic E-state index is -4.19. The number of nitrogens with zero attached hydrogens (tertiary/aromatic N) is 2. The molecule has 44 heavy (non-hydrogen) atoms. The highest BCUT2D eigenvalue weighted by Gasteiger charge is 2.35. The van der Waals surface area contributed by atoms with E-state index in [-0.39, 0.29) is 35.5 Å². The van der Waals surface area contributed by atoms with E-state index in [1.165, 1.54) is 23.1 Å². The first-order chi connectivity index (χ1) is 20.9. The van der Waals surface area contributed by atoms with E-state index in [9.17, 15) is 18.0 Å². The SMILES string of the molecule is Cc1ccc(S(=O)(=O)N(CC(=O)N(Cc2cccc(C)c2)[C@H](Cc2ccccc2)C(=O)NC(C)C)c2cccc(Cl)c2)cc1. The molecule has 0 spiro atoms. The number of hydrogen-bond donors (Lipinski definition) is 1. The van der Waals surface area contributed by atoms with Gasteiger partial charge < -0.3 is 10.2 Å². The van der Waals surface area contributed by atoms with E-state index >= 15 is 0 Å². The molecular weight excluding hydrogens is 594 g/mol. The summed E-state index contributed by atoms with van der Waals surface area (Å²) in [6.07, 6.45) is 0.249. The number of sulfonamides is 1. The summed E-state index contributed by atoms with van der Waals surface area (Å²) in [5, 5.41) is 3.30. The van der Waals surface area contributed by atoms with Gasteiger partial charge in [-0.1, -0.05) is 95.5 Å². The molecule has 0 saturated heterocycles. The molecule has 0 bridgehead atoms. The first kappa shape index (κ1) is 32.8. The van der Waals surface area contributed by atoms with Crippen molar-refractivity contribution in [2.75, 3.05) is 10.8 Å².